The Kier molecular flexibility index (Phi) is 9.34. The maximum atomic E-state index is 8.74. The predicted octanol–water partition coefficient (Wildman–Crippen LogP) is 18.4. The van der Waals surface area contributed by atoms with E-state index in [0.29, 0.717) is 29.2 Å². The van der Waals surface area contributed by atoms with Crippen LogP contribution in [-0.2, 0) is 16.2 Å². The van der Waals surface area contributed by atoms with Crippen LogP contribution in [0.25, 0.3) is 61.0 Å². The molecule has 0 amide bonds. The number of pyridine rings is 1. The molecule has 72 heavy (non-hydrogen) atoms. The molecule has 0 saturated heterocycles. The number of ether oxygens (including phenoxy) is 1. The Balaban J connectivity index is 1.02. The molecule has 3 heterocycles. The second-order valence-electron chi connectivity index (χ2n) is 22.0. The second-order valence-corrected chi connectivity index (χ2v) is 22.0. The van der Waals surface area contributed by atoms with Gasteiger partial charge in [-0.1, -0.05) is 177 Å². The molecule has 0 N–H and O–H groups in total. The normalized spacial score (nSPS) is 14.8. The predicted molar refractivity (Wildman–Crippen MR) is 304 cm³/mol. The zero-order valence-corrected chi connectivity index (χ0v) is 42.5. The van der Waals surface area contributed by atoms with Crippen molar-refractivity contribution in [2.75, 3.05) is 16.5 Å². The van der Waals surface area contributed by atoms with Crippen molar-refractivity contribution in [2.45, 2.75) is 85.4 Å². The summed E-state index contributed by atoms with van der Waals surface area (Å²) in [5.74, 6) is 1.22. The lowest BCUT2D eigenvalue weighted by atomic mass is 9.77. The van der Waals surface area contributed by atoms with Gasteiger partial charge in [-0.15, -0.1) is 0 Å². The van der Waals surface area contributed by atoms with E-state index in [1.54, 1.807) is 4.57 Å². The highest BCUT2D eigenvalue weighted by Gasteiger charge is 2.34. The highest BCUT2D eigenvalue weighted by Crippen LogP contribution is 2.52. The molecule has 11 rings (SSSR count). The number of rotatable bonds is 8. The number of anilines is 4. The van der Waals surface area contributed by atoms with E-state index in [0.717, 1.165) is 44.6 Å². The topological polar surface area (TPSA) is 33.5 Å². The molecule has 0 fully saturated rings. The lowest BCUT2D eigenvalue weighted by molar-refractivity contribution is 0.483. The first-order chi connectivity index (χ1) is 37.8. The van der Waals surface area contributed by atoms with Gasteiger partial charge in [-0.3, -0.25) is 4.57 Å². The molecule has 10 aromatic rings. The Morgan fingerprint density at radius 2 is 1.11 bits per heavy atom. The Labute approximate surface area is 437 Å². The summed E-state index contributed by atoms with van der Waals surface area (Å²) in [6, 6.07) is 51.8. The summed E-state index contributed by atoms with van der Waals surface area (Å²) in [5.41, 5.74) is 13.5. The standard InChI is InChI=1S/C67H64N4O/c1-44-34-48(45-22-13-11-14-23-45)42-68-64(44)71-59-29-18-17-28-55(59)56-33-32-54(41-62(56)71)72-53-27-21-26-52(40-53)69-43-70(61-31-20-19-30-60(61)69)63-57(46-24-15-12-16-25-46)38-51(67(8,9)10)39-58(63)47-35-49(65(2,3)4)37-50(36-47)66(5,6)7/h11-42H,43H2,1-10H3/i1D3,11D,13D,14D,22D,23D. The molecule has 0 radical (unpaired) electrons. The molecule has 0 bridgehead atoms. The molecule has 0 atom stereocenters. The first kappa shape index (κ1) is 37.9. The zero-order valence-electron chi connectivity index (χ0n) is 50.5. The van der Waals surface area contributed by atoms with Crippen LogP contribution in [0.1, 0.15) is 95.5 Å². The van der Waals surface area contributed by atoms with E-state index in [9.17, 15) is 0 Å². The van der Waals surface area contributed by atoms with E-state index in [2.05, 4.69) is 169 Å². The van der Waals surface area contributed by atoms with Gasteiger partial charge >= 0.3 is 0 Å². The minimum atomic E-state index is -2.71. The van der Waals surface area contributed by atoms with Gasteiger partial charge in [-0.2, -0.15) is 0 Å². The molecule has 0 unspecified atom stereocenters. The van der Waals surface area contributed by atoms with Crippen molar-refractivity contribution in [1.82, 2.24) is 9.55 Å². The van der Waals surface area contributed by atoms with Gasteiger partial charge in [0, 0.05) is 55.6 Å². The van der Waals surface area contributed by atoms with E-state index in [1.807, 2.05) is 54.6 Å². The van der Waals surface area contributed by atoms with Crippen LogP contribution in [0.15, 0.2) is 194 Å². The summed E-state index contributed by atoms with van der Waals surface area (Å²) in [6.45, 7) is 18.4. The number of para-hydroxylation sites is 3. The Morgan fingerprint density at radius 1 is 0.500 bits per heavy atom. The fraction of sp³-hybridized carbons (Fsp3) is 0.209. The molecule has 2 aromatic heterocycles. The molecule has 1 aliphatic heterocycles. The third kappa shape index (κ3) is 8.61. The van der Waals surface area contributed by atoms with E-state index in [1.165, 1.54) is 40.1 Å². The van der Waals surface area contributed by atoms with Crippen molar-refractivity contribution >= 4 is 44.6 Å². The van der Waals surface area contributed by atoms with Gasteiger partial charge in [-0.05, 0) is 123 Å². The van der Waals surface area contributed by atoms with Crippen molar-refractivity contribution in [2.24, 2.45) is 0 Å². The number of benzene rings is 8. The Morgan fingerprint density at radius 3 is 1.81 bits per heavy atom. The molecule has 0 spiro atoms. The second kappa shape index (κ2) is 17.8. The zero-order chi connectivity index (χ0) is 57.0. The van der Waals surface area contributed by atoms with Crippen LogP contribution in [0.2, 0.25) is 0 Å². The van der Waals surface area contributed by atoms with Crippen LogP contribution in [0.4, 0.5) is 22.7 Å². The monoisotopic (exact) mass is 949 g/mol. The van der Waals surface area contributed by atoms with Crippen molar-refractivity contribution in [1.29, 1.82) is 0 Å². The van der Waals surface area contributed by atoms with E-state index >= 15 is 0 Å². The first-order valence-electron chi connectivity index (χ1n) is 28.7. The van der Waals surface area contributed by atoms with Gasteiger partial charge in [0.25, 0.3) is 0 Å². The minimum absolute atomic E-state index is 0.0932. The minimum Gasteiger partial charge on any atom is -0.457 e. The van der Waals surface area contributed by atoms with Crippen LogP contribution < -0.4 is 14.5 Å². The maximum absolute atomic E-state index is 8.74. The maximum Gasteiger partial charge on any atom is 0.140 e. The van der Waals surface area contributed by atoms with Crippen LogP contribution in [0, 0.1) is 6.85 Å². The third-order valence-electron chi connectivity index (χ3n) is 13.9. The van der Waals surface area contributed by atoms with Gasteiger partial charge < -0.3 is 14.5 Å². The van der Waals surface area contributed by atoms with E-state index in [4.69, 9.17) is 20.7 Å². The van der Waals surface area contributed by atoms with E-state index < -0.39 is 37.1 Å². The molecule has 1 aliphatic rings. The number of aryl methyl sites for hydroxylation is 1. The average molecular weight is 949 g/mol. The molecule has 0 aliphatic carbocycles. The van der Waals surface area contributed by atoms with E-state index in [-0.39, 0.29) is 38.8 Å². The smallest absolute Gasteiger partial charge is 0.140 e. The molecule has 358 valence electrons. The number of fused-ring (bicyclic) bond motifs is 4. The lowest BCUT2D eigenvalue weighted by Gasteiger charge is -2.31. The molecule has 5 heteroatoms. The molecule has 5 nitrogen and oxygen atoms in total. The number of aromatic nitrogens is 2. The number of hydrogen-bond acceptors (Lipinski definition) is 4. The van der Waals surface area contributed by atoms with Crippen molar-refractivity contribution < 1.29 is 15.7 Å². The quantitative estimate of drug-likeness (QED) is 0.152. The Hall–Kier alpha value is -7.89. The van der Waals surface area contributed by atoms with Crippen LogP contribution in [0.3, 0.4) is 0 Å². The summed E-state index contributed by atoms with van der Waals surface area (Å²) in [5, 5.41) is 1.71. The highest BCUT2D eigenvalue weighted by molar-refractivity contribution is 6.09. The summed E-state index contributed by atoms with van der Waals surface area (Å²) in [4.78, 5) is 9.55. The fourth-order valence-electron chi connectivity index (χ4n) is 9.95. The number of nitrogens with zero attached hydrogens (tertiary/aromatic N) is 4. The average Bonchev–Trinajstić information content (AvgIpc) is 4.19. The molecular formula is C67H64N4O. The van der Waals surface area contributed by atoms with Gasteiger partial charge in [0.15, 0.2) is 0 Å². The van der Waals surface area contributed by atoms with Crippen molar-refractivity contribution in [3.8, 4) is 50.7 Å². The molecule has 8 aromatic carbocycles. The van der Waals surface area contributed by atoms with Crippen molar-refractivity contribution in [3.63, 3.8) is 0 Å². The summed E-state index contributed by atoms with van der Waals surface area (Å²) in [6.07, 6.45) is 1.38. The summed E-state index contributed by atoms with van der Waals surface area (Å²) < 4.78 is 76.8. The van der Waals surface area contributed by atoms with Gasteiger partial charge in [0.2, 0.25) is 0 Å². The largest absolute Gasteiger partial charge is 0.457 e. The van der Waals surface area contributed by atoms with Crippen molar-refractivity contribution in [3.05, 3.63) is 216 Å². The third-order valence-corrected chi connectivity index (χ3v) is 13.9. The van der Waals surface area contributed by atoms with Gasteiger partial charge in [0.05, 0.1) is 34.9 Å². The molecule has 0 saturated carbocycles. The molecular weight excluding hydrogens is 877 g/mol. The highest BCUT2D eigenvalue weighted by atomic mass is 16.5. The summed E-state index contributed by atoms with van der Waals surface area (Å²) in [7, 11) is 0. The van der Waals surface area contributed by atoms with Gasteiger partial charge in [0.1, 0.15) is 24.0 Å². The van der Waals surface area contributed by atoms with Crippen LogP contribution >= 0.6 is 0 Å². The van der Waals surface area contributed by atoms with Crippen LogP contribution in [-0.4, -0.2) is 16.2 Å². The SMILES string of the molecule is [2H]c1c([2H])c([2H])c(-c2cnc(-n3c4ccccc4c4ccc(Oc5cccc(N6CN(c7c(-c8ccccc8)cc(C(C)(C)C)cc7-c7cc(C(C)(C)C)cc(C(C)(C)C)c7)c7ccccc76)c5)cc43)c(C([2H])([2H])[2H])c2)c([2H])c1[2H]. The fourth-order valence-corrected chi connectivity index (χ4v) is 9.95. The Bertz CT molecular complexity index is 4030. The summed E-state index contributed by atoms with van der Waals surface area (Å²) >= 11 is 0. The van der Waals surface area contributed by atoms with Gasteiger partial charge in [-0.25, -0.2) is 4.98 Å². The number of hydrogen-bond donors (Lipinski definition) is 0. The lowest BCUT2D eigenvalue weighted by Crippen LogP contribution is -2.25. The van der Waals surface area contributed by atoms with Crippen LogP contribution in [0.5, 0.6) is 11.5 Å². The first-order valence-corrected chi connectivity index (χ1v) is 24.7.